The SMILES string of the molecule is CC(C)C(N)C(=O)N1CCOC2CCCC21. The Morgan fingerprint density at radius 1 is 1.44 bits per heavy atom. The number of rotatable bonds is 2. The first-order valence-corrected chi connectivity index (χ1v) is 6.29. The lowest BCUT2D eigenvalue weighted by Gasteiger charge is -2.39. The van der Waals surface area contributed by atoms with Crippen LogP contribution in [-0.4, -0.2) is 42.1 Å². The van der Waals surface area contributed by atoms with Crippen LogP contribution in [0.15, 0.2) is 0 Å². The summed E-state index contributed by atoms with van der Waals surface area (Å²) in [5.74, 6) is 0.311. The van der Waals surface area contributed by atoms with Crippen molar-refractivity contribution in [3.63, 3.8) is 0 Å². The number of hydrogen-bond donors (Lipinski definition) is 1. The molecule has 2 rings (SSSR count). The molecule has 0 aromatic heterocycles. The molecule has 2 N–H and O–H groups in total. The second kappa shape index (κ2) is 4.72. The van der Waals surface area contributed by atoms with E-state index in [0.717, 1.165) is 19.3 Å². The molecule has 16 heavy (non-hydrogen) atoms. The fraction of sp³-hybridized carbons (Fsp3) is 0.917. The average Bonchev–Trinajstić information content (AvgIpc) is 2.74. The molecule has 1 heterocycles. The van der Waals surface area contributed by atoms with E-state index in [-0.39, 0.29) is 30.0 Å². The van der Waals surface area contributed by atoms with Gasteiger partial charge in [0.15, 0.2) is 0 Å². The molecule has 2 aliphatic rings. The quantitative estimate of drug-likeness (QED) is 0.756. The Labute approximate surface area is 97.1 Å². The van der Waals surface area contributed by atoms with Crippen LogP contribution < -0.4 is 5.73 Å². The minimum absolute atomic E-state index is 0.107. The number of fused-ring (bicyclic) bond motifs is 1. The van der Waals surface area contributed by atoms with E-state index in [2.05, 4.69) is 0 Å². The van der Waals surface area contributed by atoms with Crippen molar-refractivity contribution in [2.75, 3.05) is 13.2 Å². The number of carbonyl (C=O) groups is 1. The largest absolute Gasteiger partial charge is 0.374 e. The fourth-order valence-electron chi connectivity index (χ4n) is 2.68. The van der Waals surface area contributed by atoms with Gasteiger partial charge in [0.1, 0.15) is 0 Å². The van der Waals surface area contributed by atoms with Gasteiger partial charge in [-0.2, -0.15) is 0 Å². The second-order valence-electron chi connectivity index (χ2n) is 5.21. The Hall–Kier alpha value is -0.610. The summed E-state index contributed by atoms with van der Waals surface area (Å²) in [6.45, 7) is 5.36. The van der Waals surface area contributed by atoms with E-state index in [1.807, 2.05) is 18.7 Å². The minimum Gasteiger partial charge on any atom is -0.374 e. The van der Waals surface area contributed by atoms with Gasteiger partial charge in [-0.05, 0) is 25.2 Å². The topological polar surface area (TPSA) is 55.6 Å². The molecule has 1 aliphatic heterocycles. The number of nitrogens with zero attached hydrogens (tertiary/aromatic N) is 1. The number of ether oxygens (including phenoxy) is 1. The first-order chi connectivity index (χ1) is 7.61. The van der Waals surface area contributed by atoms with Gasteiger partial charge in [0, 0.05) is 6.54 Å². The Kier molecular flexibility index (Phi) is 3.50. The second-order valence-corrected chi connectivity index (χ2v) is 5.21. The maximum atomic E-state index is 12.2. The summed E-state index contributed by atoms with van der Waals surface area (Å²) in [4.78, 5) is 14.2. The standard InChI is InChI=1S/C12H22N2O2/c1-8(2)11(13)12(15)14-6-7-16-10-5-3-4-9(10)14/h8-11H,3-7,13H2,1-2H3. The third kappa shape index (κ3) is 2.09. The van der Waals surface area contributed by atoms with Crippen molar-refractivity contribution in [3.8, 4) is 0 Å². The molecule has 0 bridgehead atoms. The van der Waals surface area contributed by atoms with Gasteiger partial charge < -0.3 is 15.4 Å². The third-order valence-corrected chi connectivity index (χ3v) is 3.77. The van der Waals surface area contributed by atoms with E-state index in [0.29, 0.717) is 13.2 Å². The normalized spacial score (nSPS) is 31.6. The molecule has 1 aliphatic carbocycles. The van der Waals surface area contributed by atoms with Crippen LogP contribution in [0.3, 0.4) is 0 Å². The summed E-state index contributed by atoms with van der Waals surface area (Å²) in [6, 6.07) is -0.0783. The lowest BCUT2D eigenvalue weighted by Crippen LogP contribution is -2.56. The predicted octanol–water partition coefficient (Wildman–Crippen LogP) is 0.750. The zero-order valence-electron chi connectivity index (χ0n) is 10.2. The molecule has 1 amide bonds. The predicted molar refractivity (Wildman–Crippen MR) is 61.9 cm³/mol. The van der Waals surface area contributed by atoms with Crippen LogP contribution in [0, 0.1) is 5.92 Å². The zero-order chi connectivity index (χ0) is 11.7. The zero-order valence-corrected chi connectivity index (χ0v) is 10.2. The van der Waals surface area contributed by atoms with Gasteiger partial charge in [-0.25, -0.2) is 0 Å². The Morgan fingerprint density at radius 3 is 2.88 bits per heavy atom. The molecule has 0 spiro atoms. The van der Waals surface area contributed by atoms with E-state index < -0.39 is 0 Å². The third-order valence-electron chi connectivity index (χ3n) is 3.77. The molecule has 2 fully saturated rings. The maximum absolute atomic E-state index is 12.2. The Morgan fingerprint density at radius 2 is 2.19 bits per heavy atom. The number of amides is 1. The van der Waals surface area contributed by atoms with Crippen molar-refractivity contribution in [2.24, 2.45) is 11.7 Å². The van der Waals surface area contributed by atoms with Crippen molar-refractivity contribution in [1.82, 2.24) is 4.90 Å². The maximum Gasteiger partial charge on any atom is 0.240 e. The molecule has 4 nitrogen and oxygen atoms in total. The highest BCUT2D eigenvalue weighted by molar-refractivity contribution is 5.82. The smallest absolute Gasteiger partial charge is 0.240 e. The highest BCUT2D eigenvalue weighted by Gasteiger charge is 2.39. The Bertz CT molecular complexity index is 268. The number of hydrogen-bond acceptors (Lipinski definition) is 3. The van der Waals surface area contributed by atoms with Crippen LogP contribution in [0.25, 0.3) is 0 Å². The van der Waals surface area contributed by atoms with Crippen molar-refractivity contribution in [1.29, 1.82) is 0 Å². The minimum atomic E-state index is -0.362. The van der Waals surface area contributed by atoms with E-state index in [1.165, 1.54) is 0 Å². The van der Waals surface area contributed by atoms with Crippen LogP contribution in [0.5, 0.6) is 0 Å². The molecule has 1 saturated heterocycles. The van der Waals surface area contributed by atoms with Crippen LogP contribution in [-0.2, 0) is 9.53 Å². The summed E-state index contributed by atoms with van der Waals surface area (Å²) < 4.78 is 5.69. The highest BCUT2D eigenvalue weighted by atomic mass is 16.5. The Balaban J connectivity index is 2.05. The molecule has 1 saturated carbocycles. The molecule has 0 aromatic carbocycles. The van der Waals surface area contributed by atoms with Crippen LogP contribution in [0.4, 0.5) is 0 Å². The van der Waals surface area contributed by atoms with Crippen molar-refractivity contribution >= 4 is 5.91 Å². The summed E-state index contributed by atoms with van der Waals surface area (Å²) in [5.41, 5.74) is 5.94. The lowest BCUT2D eigenvalue weighted by atomic mass is 10.0. The van der Waals surface area contributed by atoms with Crippen molar-refractivity contribution in [2.45, 2.75) is 51.3 Å². The van der Waals surface area contributed by atoms with Gasteiger partial charge in [0.2, 0.25) is 5.91 Å². The molecule has 3 atom stereocenters. The van der Waals surface area contributed by atoms with E-state index >= 15 is 0 Å². The van der Waals surface area contributed by atoms with Gasteiger partial charge in [0.25, 0.3) is 0 Å². The molecule has 0 aromatic rings. The van der Waals surface area contributed by atoms with E-state index in [9.17, 15) is 4.79 Å². The van der Waals surface area contributed by atoms with Crippen LogP contribution in [0.1, 0.15) is 33.1 Å². The number of carbonyl (C=O) groups excluding carboxylic acids is 1. The molecule has 92 valence electrons. The molecule has 3 unspecified atom stereocenters. The van der Waals surface area contributed by atoms with Crippen LogP contribution in [0.2, 0.25) is 0 Å². The van der Waals surface area contributed by atoms with E-state index in [1.54, 1.807) is 0 Å². The summed E-state index contributed by atoms with van der Waals surface area (Å²) in [6.07, 6.45) is 3.58. The fourth-order valence-corrected chi connectivity index (χ4v) is 2.68. The van der Waals surface area contributed by atoms with Crippen LogP contribution >= 0.6 is 0 Å². The average molecular weight is 226 g/mol. The van der Waals surface area contributed by atoms with E-state index in [4.69, 9.17) is 10.5 Å². The lowest BCUT2D eigenvalue weighted by molar-refractivity contribution is -0.146. The van der Waals surface area contributed by atoms with Gasteiger partial charge in [-0.1, -0.05) is 13.8 Å². The molecular weight excluding hydrogens is 204 g/mol. The van der Waals surface area contributed by atoms with Gasteiger partial charge in [0.05, 0.1) is 24.8 Å². The molecule has 4 heteroatoms. The number of nitrogens with two attached hydrogens (primary N) is 1. The first-order valence-electron chi connectivity index (χ1n) is 6.29. The summed E-state index contributed by atoms with van der Waals surface area (Å²) in [7, 11) is 0. The van der Waals surface area contributed by atoms with Crippen molar-refractivity contribution in [3.05, 3.63) is 0 Å². The van der Waals surface area contributed by atoms with Crippen molar-refractivity contribution < 1.29 is 9.53 Å². The summed E-state index contributed by atoms with van der Waals surface area (Å²) >= 11 is 0. The monoisotopic (exact) mass is 226 g/mol. The van der Waals surface area contributed by atoms with Gasteiger partial charge >= 0.3 is 0 Å². The number of morpholine rings is 1. The van der Waals surface area contributed by atoms with Gasteiger partial charge in [-0.15, -0.1) is 0 Å². The molecule has 0 radical (unpaired) electrons. The summed E-state index contributed by atoms with van der Waals surface area (Å²) in [5, 5.41) is 0. The van der Waals surface area contributed by atoms with Gasteiger partial charge in [-0.3, -0.25) is 4.79 Å². The molecular formula is C12H22N2O2. The first kappa shape index (κ1) is 11.9. The highest BCUT2D eigenvalue weighted by Crippen LogP contribution is 2.30.